The van der Waals surface area contributed by atoms with Crippen molar-refractivity contribution in [3.8, 4) is 0 Å². The molecule has 22 heavy (non-hydrogen) atoms. The van der Waals surface area contributed by atoms with Gasteiger partial charge in [0, 0.05) is 47.6 Å². The van der Waals surface area contributed by atoms with Gasteiger partial charge in [0.2, 0.25) is 5.91 Å². The molecule has 1 saturated carbocycles. The third-order valence-electron chi connectivity index (χ3n) is 4.99. The van der Waals surface area contributed by atoms with E-state index in [9.17, 15) is 9.59 Å². The van der Waals surface area contributed by atoms with Gasteiger partial charge in [0.25, 0.3) is 0 Å². The van der Waals surface area contributed by atoms with Crippen molar-refractivity contribution in [2.24, 2.45) is 5.92 Å². The first-order chi connectivity index (χ1) is 10.6. The minimum Gasteiger partial charge on any atom is -0.478 e. The van der Waals surface area contributed by atoms with Gasteiger partial charge in [-0.2, -0.15) is 0 Å². The molecule has 0 radical (unpaired) electrons. The molecule has 4 rings (SSSR count). The number of benzene rings is 1. The largest absolute Gasteiger partial charge is 0.478 e. The Morgan fingerprint density at radius 3 is 2.77 bits per heavy atom. The second kappa shape index (κ2) is 4.87. The van der Waals surface area contributed by atoms with E-state index < -0.39 is 5.97 Å². The highest BCUT2D eigenvalue weighted by Gasteiger charge is 2.32. The molecule has 1 fully saturated rings. The summed E-state index contributed by atoms with van der Waals surface area (Å²) in [5.74, 6) is -0.447. The van der Waals surface area contributed by atoms with E-state index in [0.717, 1.165) is 54.4 Å². The van der Waals surface area contributed by atoms with Crippen molar-refractivity contribution in [3.63, 3.8) is 0 Å². The van der Waals surface area contributed by atoms with Gasteiger partial charge in [0.1, 0.15) is 0 Å². The molecule has 1 amide bonds. The topological polar surface area (TPSA) is 73.4 Å². The molecule has 0 unspecified atom stereocenters. The summed E-state index contributed by atoms with van der Waals surface area (Å²) < 4.78 is 0. The maximum Gasteiger partial charge on any atom is 0.335 e. The molecule has 2 heterocycles. The van der Waals surface area contributed by atoms with Gasteiger partial charge in [-0.1, -0.05) is 6.42 Å². The Morgan fingerprint density at radius 1 is 1.27 bits per heavy atom. The minimum absolute atomic E-state index is 0.210. The highest BCUT2D eigenvalue weighted by molar-refractivity contribution is 5.95. The molecular formula is C17H18N2O3. The van der Waals surface area contributed by atoms with Crippen LogP contribution in [0.15, 0.2) is 18.2 Å². The number of fused-ring (bicyclic) bond motifs is 3. The van der Waals surface area contributed by atoms with Crippen LogP contribution in [0.3, 0.4) is 0 Å². The minimum atomic E-state index is -0.921. The molecule has 1 aliphatic heterocycles. The van der Waals surface area contributed by atoms with Gasteiger partial charge >= 0.3 is 5.97 Å². The van der Waals surface area contributed by atoms with Gasteiger partial charge in [0.05, 0.1) is 5.56 Å². The number of aromatic nitrogens is 1. The monoisotopic (exact) mass is 298 g/mol. The Hall–Kier alpha value is -2.30. The zero-order valence-electron chi connectivity index (χ0n) is 12.3. The van der Waals surface area contributed by atoms with E-state index in [4.69, 9.17) is 5.11 Å². The first-order valence-corrected chi connectivity index (χ1v) is 7.79. The molecule has 5 heteroatoms. The number of amides is 1. The number of carboxylic acid groups (broad SMARTS) is 1. The number of hydrogen-bond acceptors (Lipinski definition) is 2. The van der Waals surface area contributed by atoms with Crippen LogP contribution >= 0.6 is 0 Å². The van der Waals surface area contributed by atoms with E-state index >= 15 is 0 Å². The number of rotatable bonds is 2. The third-order valence-corrected chi connectivity index (χ3v) is 4.99. The molecule has 0 spiro atoms. The Bertz CT molecular complexity index is 774. The summed E-state index contributed by atoms with van der Waals surface area (Å²) in [7, 11) is 0. The van der Waals surface area contributed by atoms with Crippen LogP contribution in [0.5, 0.6) is 0 Å². The molecule has 0 bridgehead atoms. The van der Waals surface area contributed by atoms with Crippen LogP contribution in [0.25, 0.3) is 10.9 Å². The lowest BCUT2D eigenvalue weighted by molar-refractivity contribution is -0.139. The van der Waals surface area contributed by atoms with E-state index in [1.165, 1.54) is 0 Å². The average Bonchev–Trinajstić information content (AvgIpc) is 2.82. The maximum absolute atomic E-state index is 12.4. The average molecular weight is 298 g/mol. The number of carbonyl (C=O) groups excluding carboxylic acids is 1. The van der Waals surface area contributed by atoms with Gasteiger partial charge in [-0.3, -0.25) is 4.79 Å². The Morgan fingerprint density at radius 2 is 2.09 bits per heavy atom. The normalized spacial score (nSPS) is 18.1. The highest BCUT2D eigenvalue weighted by atomic mass is 16.4. The fourth-order valence-electron chi connectivity index (χ4n) is 3.45. The van der Waals surface area contributed by atoms with Gasteiger partial charge in [-0.25, -0.2) is 4.79 Å². The molecule has 1 aromatic carbocycles. The van der Waals surface area contributed by atoms with Crippen LogP contribution in [0.1, 0.15) is 40.9 Å². The zero-order chi connectivity index (χ0) is 15.3. The number of H-pyrrole nitrogens is 1. The van der Waals surface area contributed by atoms with Gasteiger partial charge < -0.3 is 15.0 Å². The smallest absolute Gasteiger partial charge is 0.335 e. The standard InChI is InChI=1S/C17H18N2O3/c20-16(10-2-1-3-10)19-7-6-15-13(9-19)12-8-11(17(21)22)4-5-14(12)18-15/h4-5,8,10,18H,1-3,6-7,9H2,(H,21,22). The molecular weight excluding hydrogens is 280 g/mol. The van der Waals surface area contributed by atoms with Crippen LogP contribution in [-0.4, -0.2) is 33.4 Å². The summed E-state index contributed by atoms with van der Waals surface area (Å²) in [6.07, 6.45) is 3.99. The summed E-state index contributed by atoms with van der Waals surface area (Å²) in [5, 5.41) is 10.1. The summed E-state index contributed by atoms with van der Waals surface area (Å²) in [6, 6.07) is 5.14. The molecule has 2 N–H and O–H groups in total. The second-order valence-electron chi connectivity index (χ2n) is 6.29. The summed E-state index contributed by atoms with van der Waals surface area (Å²) >= 11 is 0. The molecule has 5 nitrogen and oxygen atoms in total. The third kappa shape index (κ3) is 2.00. The van der Waals surface area contributed by atoms with E-state index in [1.807, 2.05) is 11.0 Å². The molecule has 1 aliphatic carbocycles. The van der Waals surface area contributed by atoms with Crippen molar-refractivity contribution in [2.45, 2.75) is 32.2 Å². The fourth-order valence-corrected chi connectivity index (χ4v) is 3.45. The van der Waals surface area contributed by atoms with Crippen molar-refractivity contribution in [3.05, 3.63) is 35.0 Å². The predicted molar refractivity (Wildman–Crippen MR) is 81.7 cm³/mol. The first kappa shape index (κ1) is 13.4. The van der Waals surface area contributed by atoms with Crippen LogP contribution < -0.4 is 0 Å². The summed E-state index contributed by atoms with van der Waals surface area (Å²) in [6.45, 7) is 1.34. The van der Waals surface area contributed by atoms with Gasteiger partial charge in [-0.05, 0) is 31.0 Å². The summed E-state index contributed by atoms with van der Waals surface area (Å²) in [4.78, 5) is 28.9. The highest BCUT2D eigenvalue weighted by Crippen LogP contribution is 2.33. The lowest BCUT2D eigenvalue weighted by Gasteiger charge is -2.34. The van der Waals surface area contributed by atoms with Crippen LogP contribution in [-0.2, 0) is 17.8 Å². The molecule has 2 aromatic rings. The molecule has 2 aliphatic rings. The van der Waals surface area contributed by atoms with Crippen molar-refractivity contribution in [1.82, 2.24) is 9.88 Å². The number of aromatic carboxylic acids is 1. The quantitative estimate of drug-likeness (QED) is 0.895. The van der Waals surface area contributed by atoms with Crippen LogP contribution in [0.2, 0.25) is 0 Å². The van der Waals surface area contributed by atoms with E-state index in [1.54, 1.807) is 12.1 Å². The molecule has 0 atom stereocenters. The second-order valence-corrected chi connectivity index (χ2v) is 6.29. The van der Waals surface area contributed by atoms with Crippen molar-refractivity contribution >= 4 is 22.8 Å². The van der Waals surface area contributed by atoms with Gasteiger partial charge in [-0.15, -0.1) is 0 Å². The van der Waals surface area contributed by atoms with Crippen LogP contribution in [0.4, 0.5) is 0 Å². The van der Waals surface area contributed by atoms with Crippen molar-refractivity contribution < 1.29 is 14.7 Å². The van der Waals surface area contributed by atoms with Crippen molar-refractivity contribution in [1.29, 1.82) is 0 Å². The molecule has 114 valence electrons. The lowest BCUT2D eigenvalue weighted by atomic mass is 9.84. The lowest BCUT2D eigenvalue weighted by Crippen LogP contribution is -2.41. The zero-order valence-corrected chi connectivity index (χ0v) is 12.3. The Labute approximate surface area is 127 Å². The number of carbonyl (C=O) groups is 2. The van der Waals surface area contributed by atoms with E-state index in [2.05, 4.69) is 4.98 Å². The van der Waals surface area contributed by atoms with Crippen LogP contribution in [0, 0.1) is 5.92 Å². The molecule has 0 saturated heterocycles. The Balaban J connectivity index is 1.70. The number of carboxylic acids is 1. The number of nitrogens with zero attached hydrogens (tertiary/aromatic N) is 1. The SMILES string of the molecule is O=C(O)c1ccc2[nH]c3c(c2c1)CN(C(=O)C1CCC1)CC3. The fraction of sp³-hybridized carbons (Fsp3) is 0.412. The Kier molecular flexibility index (Phi) is 2.96. The predicted octanol–water partition coefficient (Wildman–Crippen LogP) is 2.55. The van der Waals surface area contributed by atoms with E-state index in [0.29, 0.717) is 6.54 Å². The van der Waals surface area contributed by atoms with E-state index in [-0.39, 0.29) is 17.4 Å². The van der Waals surface area contributed by atoms with Crippen molar-refractivity contribution in [2.75, 3.05) is 6.54 Å². The maximum atomic E-state index is 12.4. The number of aromatic amines is 1. The first-order valence-electron chi connectivity index (χ1n) is 7.79. The number of hydrogen-bond donors (Lipinski definition) is 2. The van der Waals surface area contributed by atoms with Gasteiger partial charge in [0.15, 0.2) is 0 Å². The molecule has 1 aromatic heterocycles. The number of nitrogens with one attached hydrogen (secondary N) is 1. The summed E-state index contributed by atoms with van der Waals surface area (Å²) in [5.41, 5.74) is 3.46.